The number of hydrogen-bond donors (Lipinski definition) is 1. The van der Waals surface area contributed by atoms with Crippen LogP contribution in [0.3, 0.4) is 0 Å². The van der Waals surface area contributed by atoms with Crippen molar-refractivity contribution in [3.05, 3.63) is 12.7 Å². The maximum Gasteiger partial charge on any atom is 0.336 e. The minimum Gasteiger partial charge on any atom is -0.462 e. The Bertz CT molecular complexity index is 728. The number of hydrogen-bond acceptors (Lipinski definition) is 6. The van der Waals surface area contributed by atoms with Gasteiger partial charge in [0, 0.05) is 18.2 Å². The van der Waals surface area contributed by atoms with Crippen LogP contribution in [0.15, 0.2) is 12.7 Å². The van der Waals surface area contributed by atoms with Crippen LogP contribution in [0.4, 0.5) is 0 Å². The van der Waals surface area contributed by atoms with Crippen molar-refractivity contribution in [2.45, 2.75) is 79.4 Å². The van der Waals surface area contributed by atoms with E-state index in [1.807, 2.05) is 48.5 Å². The van der Waals surface area contributed by atoms with Crippen LogP contribution in [-0.4, -0.2) is 42.1 Å². The van der Waals surface area contributed by atoms with E-state index >= 15 is 0 Å². The fourth-order valence-corrected chi connectivity index (χ4v) is 4.63. The summed E-state index contributed by atoms with van der Waals surface area (Å²) < 4.78 is 10.6. The van der Waals surface area contributed by atoms with Gasteiger partial charge in [0.2, 0.25) is 5.91 Å². The maximum absolute atomic E-state index is 13.4. The monoisotopic (exact) mass is 455 g/mol. The molecule has 31 heavy (non-hydrogen) atoms. The minimum absolute atomic E-state index is 0.146. The lowest BCUT2D eigenvalue weighted by Gasteiger charge is -2.53. The highest BCUT2D eigenvalue weighted by atomic mass is 31.0. The largest absolute Gasteiger partial charge is 0.462 e. The Morgan fingerprint density at radius 1 is 1.19 bits per heavy atom. The van der Waals surface area contributed by atoms with Gasteiger partial charge in [-0.05, 0) is 22.7 Å². The van der Waals surface area contributed by atoms with E-state index in [2.05, 4.69) is 21.1 Å². The van der Waals surface area contributed by atoms with Gasteiger partial charge in [-0.25, -0.2) is 9.59 Å². The maximum atomic E-state index is 13.4. The molecule has 1 rings (SSSR count). The third-order valence-corrected chi connectivity index (χ3v) is 8.32. The van der Waals surface area contributed by atoms with Gasteiger partial charge in [0.15, 0.2) is 0 Å². The van der Waals surface area contributed by atoms with Gasteiger partial charge in [0.05, 0.1) is 12.5 Å². The molecule has 0 aromatic carbocycles. The third-order valence-electron chi connectivity index (χ3n) is 7.29. The minimum atomic E-state index is -0.786. The fourth-order valence-electron chi connectivity index (χ4n) is 4.10. The van der Waals surface area contributed by atoms with Crippen LogP contribution in [0.1, 0.15) is 67.7 Å². The summed E-state index contributed by atoms with van der Waals surface area (Å²) >= 11 is 0. The van der Waals surface area contributed by atoms with Crippen molar-refractivity contribution in [2.24, 2.45) is 22.2 Å². The molecule has 0 bridgehead atoms. The third kappa shape index (κ3) is 6.15. The molecule has 4 atom stereocenters. The van der Waals surface area contributed by atoms with Gasteiger partial charge in [0.25, 0.3) is 0 Å². The molecule has 0 spiro atoms. The van der Waals surface area contributed by atoms with Crippen LogP contribution in [-0.2, 0) is 28.7 Å². The summed E-state index contributed by atoms with van der Waals surface area (Å²) in [6, 6.07) is -0.786. The van der Waals surface area contributed by atoms with E-state index in [-0.39, 0.29) is 24.6 Å². The summed E-state index contributed by atoms with van der Waals surface area (Å²) in [5.74, 6) is -2.67. The summed E-state index contributed by atoms with van der Waals surface area (Å²) in [5.41, 5.74) is -1.78. The lowest BCUT2D eigenvalue weighted by Crippen LogP contribution is -2.54. The molecule has 1 fully saturated rings. The first-order chi connectivity index (χ1) is 14.1. The van der Waals surface area contributed by atoms with Crippen molar-refractivity contribution in [1.29, 1.82) is 0 Å². The van der Waals surface area contributed by atoms with E-state index in [4.69, 9.17) is 9.47 Å². The predicted molar refractivity (Wildman–Crippen MR) is 122 cm³/mol. The van der Waals surface area contributed by atoms with Crippen LogP contribution in [0.2, 0.25) is 0 Å². The number of rotatable bonds is 10. The summed E-state index contributed by atoms with van der Waals surface area (Å²) in [6.07, 6.45) is 2.37. The van der Waals surface area contributed by atoms with Gasteiger partial charge in [-0.15, -0.1) is 9.24 Å². The Labute approximate surface area is 188 Å². The number of ether oxygens (including phenoxy) is 2. The number of esters is 3. The lowest BCUT2D eigenvalue weighted by molar-refractivity contribution is -0.175. The number of nitrogens with one attached hydrogen (secondary N) is 1. The molecule has 8 heteroatoms. The fraction of sp³-hybridized carbons (Fsp3) is 0.739. The van der Waals surface area contributed by atoms with Crippen molar-refractivity contribution >= 4 is 33.1 Å². The second-order valence-corrected chi connectivity index (χ2v) is 10.9. The summed E-state index contributed by atoms with van der Waals surface area (Å²) in [7, 11) is 2.71. The van der Waals surface area contributed by atoms with Crippen molar-refractivity contribution in [3.8, 4) is 0 Å². The molecular weight excluding hydrogens is 417 g/mol. The molecule has 0 radical (unpaired) electrons. The second-order valence-electron chi connectivity index (χ2n) is 10.1. The average molecular weight is 456 g/mol. The van der Waals surface area contributed by atoms with Gasteiger partial charge < -0.3 is 14.8 Å². The van der Waals surface area contributed by atoms with E-state index in [9.17, 15) is 19.2 Å². The van der Waals surface area contributed by atoms with Crippen molar-refractivity contribution in [2.75, 3.05) is 6.61 Å². The number of amides is 1. The number of carbonyl (C=O) groups excluding carboxylic acids is 4. The van der Waals surface area contributed by atoms with Gasteiger partial charge in [-0.1, -0.05) is 61.5 Å². The first-order valence-corrected chi connectivity index (χ1v) is 11.4. The molecule has 0 saturated carbocycles. The molecule has 7 nitrogen and oxygen atoms in total. The Kier molecular flexibility index (Phi) is 9.02. The van der Waals surface area contributed by atoms with Crippen LogP contribution in [0.5, 0.6) is 0 Å². The van der Waals surface area contributed by atoms with E-state index in [0.717, 1.165) is 6.08 Å². The van der Waals surface area contributed by atoms with E-state index < -0.39 is 46.1 Å². The molecule has 1 saturated heterocycles. The molecule has 0 aromatic rings. The molecule has 1 N–H and O–H groups in total. The molecule has 176 valence electrons. The standard InChI is InChI=1S/C23H38NO6P/c1-9-17(26)29-13-15(31)22(5,6)23(7,8)18(21(3,4)10-2)20(28)30-19(27)14-11-12-16(25)24-14/h9,14-15,18H,1,10-13,31H2,2-8H3,(H,24,25). The van der Waals surface area contributed by atoms with Crippen molar-refractivity contribution in [3.63, 3.8) is 0 Å². The van der Waals surface area contributed by atoms with Crippen LogP contribution >= 0.6 is 9.24 Å². The van der Waals surface area contributed by atoms with Crippen molar-refractivity contribution in [1.82, 2.24) is 5.32 Å². The quantitative estimate of drug-likeness (QED) is 0.235. The van der Waals surface area contributed by atoms with E-state index in [1.54, 1.807) is 0 Å². The highest BCUT2D eigenvalue weighted by molar-refractivity contribution is 7.17. The van der Waals surface area contributed by atoms with E-state index in [1.165, 1.54) is 0 Å². The van der Waals surface area contributed by atoms with Crippen LogP contribution < -0.4 is 5.32 Å². The van der Waals surface area contributed by atoms with Gasteiger partial charge in [-0.2, -0.15) is 0 Å². The molecule has 1 heterocycles. The first-order valence-electron chi connectivity index (χ1n) is 10.7. The average Bonchev–Trinajstić information content (AvgIpc) is 3.11. The van der Waals surface area contributed by atoms with Crippen LogP contribution in [0.25, 0.3) is 0 Å². The topological polar surface area (TPSA) is 98.8 Å². The zero-order chi connectivity index (χ0) is 24.2. The highest BCUT2D eigenvalue weighted by Crippen LogP contribution is 2.55. The molecule has 0 aliphatic carbocycles. The van der Waals surface area contributed by atoms with E-state index in [0.29, 0.717) is 12.8 Å². The Morgan fingerprint density at radius 3 is 2.23 bits per heavy atom. The Morgan fingerprint density at radius 2 is 1.77 bits per heavy atom. The van der Waals surface area contributed by atoms with Gasteiger partial charge >= 0.3 is 17.9 Å². The molecule has 0 aromatic heterocycles. The highest BCUT2D eigenvalue weighted by Gasteiger charge is 2.55. The smallest absolute Gasteiger partial charge is 0.336 e. The summed E-state index contributed by atoms with van der Waals surface area (Å²) in [6.45, 7) is 17.5. The van der Waals surface area contributed by atoms with Crippen molar-refractivity contribution < 1.29 is 28.7 Å². The molecule has 1 aliphatic heterocycles. The second kappa shape index (κ2) is 10.2. The first kappa shape index (κ1) is 27.3. The zero-order valence-electron chi connectivity index (χ0n) is 19.9. The molecule has 1 amide bonds. The molecule has 4 unspecified atom stereocenters. The van der Waals surface area contributed by atoms with Gasteiger partial charge in [0.1, 0.15) is 6.04 Å². The lowest BCUT2D eigenvalue weighted by atomic mass is 9.53. The zero-order valence-corrected chi connectivity index (χ0v) is 21.0. The number of carbonyl (C=O) groups is 4. The van der Waals surface area contributed by atoms with Crippen LogP contribution in [0, 0.1) is 22.2 Å². The SMILES string of the molecule is C=CC(=O)OCC(P)C(C)(C)C(C)(C)C(C(=O)OC(=O)C1CCC(=O)N1)C(C)(C)CC. The normalized spacial score (nSPS) is 19.2. The molecule has 1 aliphatic rings. The molecular formula is C23H38NO6P. The Hall–Kier alpha value is -1.75. The summed E-state index contributed by atoms with van der Waals surface area (Å²) in [4.78, 5) is 48.8. The summed E-state index contributed by atoms with van der Waals surface area (Å²) in [5, 5.41) is 2.55. The Balaban J connectivity index is 3.18. The predicted octanol–water partition coefficient (Wildman–Crippen LogP) is 3.41. The van der Waals surface area contributed by atoms with Gasteiger partial charge in [-0.3, -0.25) is 9.59 Å².